The summed E-state index contributed by atoms with van der Waals surface area (Å²) in [5.74, 6) is -0.410. The van der Waals surface area contributed by atoms with E-state index in [0.717, 1.165) is 27.4 Å². The van der Waals surface area contributed by atoms with E-state index in [1.54, 1.807) is 28.4 Å². The first kappa shape index (κ1) is 18.5. The molecule has 2 aliphatic rings. The number of allylic oxidation sites excluding steroid dienone is 3. The van der Waals surface area contributed by atoms with Crippen LogP contribution in [0.15, 0.2) is 53.0 Å². The molecule has 1 unspecified atom stereocenters. The zero-order valence-electron chi connectivity index (χ0n) is 15.8. The summed E-state index contributed by atoms with van der Waals surface area (Å²) in [6, 6.07) is 10.3. The van der Waals surface area contributed by atoms with E-state index < -0.39 is 5.92 Å². The Morgan fingerprint density at radius 3 is 2.57 bits per heavy atom. The number of aryl methyl sites for hydroxylation is 2. The second-order valence-corrected chi connectivity index (χ2v) is 8.62. The maximum Gasteiger partial charge on any atom is 0.161 e. The highest BCUT2D eigenvalue weighted by Crippen LogP contribution is 2.47. The lowest BCUT2D eigenvalue weighted by Gasteiger charge is -2.39. The van der Waals surface area contributed by atoms with Gasteiger partial charge in [0.2, 0.25) is 0 Å². The molecule has 1 aromatic carbocycles. The largest absolute Gasteiger partial charge is 0.384 e. The lowest BCUT2D eigenvalue weighted by atomic mass is 9.75. The topological polar surface area (TPSA) is 70.1 Å². The SMILES string of the molecule is Cc1cc(C2C(C#N)=C(N)N(c3ccc(F)cc3)C3=C2C(=O)CCC3)c(C)s1. The standard InChI is InChI=1S/C22H20FN3OS/c1-12-10-16(13(2)28-12)20-17(11-24)22(25)26(15-8-6-14(23)7-9-15)18-4-3-5-19(27)21(18)20/h6-10,20H,3-5,25H2,1-2H3. The molecule has 1 aliphatic heterocycles. The number of benzene rings is 1. The Morgan fingerprint density at radius 1 is 1.25 bits per heavy atom. The van der Waals surface area contributed by atoms with Crippen LogP contribution in [0, 0.1) is 31.0 Å². The van der Waals surface area contributed by atoms with Gasteiger partial charge in [0.1, 0.15) is 11.6 Å². The molecular formula is C22H20FN3OS. The van der Waals surface area contributed by atoms with Crippen molar-refractivity contribution in [3.63, 3.8) is 0 Å². The minimum absolute atomic E-state index is 0.0573. The summed E-state index contributed by atoms with van der Waals surface area (Å²) in [4.78, 5) is 17.0. The lowest BCUT2D eigenvalue weighted by Crippen LogP contribution is -2.38. The van der Waals surface area contributed by atoms with Gasteiger partial charge in [0, 0.05) is 33.1 Å². The van der Waals surface area contributed by atoms with Crippen molar-refractivity contribution in [2.75, 3.05) is 4.90 Å². The van der Waals surface area contributed by atoms with Crippen LogP contribution in [0.2, 0.25) is 0 Å². The molecule has 0 bridgehead atoms. The second kappa shape index (κ2) is 6.92. The molecule has 0 saturated carbocycles. The summed E-state index contributed by atoms with van der Waals surface area (Å²) in [6.07, 6.45) is 1.89. The van der Waals surface area contributed by atoms with Gasteiger partial charge in [0.25, 0.3) is 0 Å². The molecule has 1 aromatic heterocycles. The van der Waals surface area contributed by atoms with Crippen molar-refractivity contribution < 1.29 is 9.18 Å². The van der Waals surface area contributed by atoms with Crippen LogP contribution in [0.1, 0.15) is 40.5 Å². The van der Waals surface area contributed by atoms with Crippen molar-refractivity contribution in [1.29, 1.82) is 5.26 Å². The van der Waals surface area contributed by atoms with Gasteiger partial charge in [-0.25, -0.2) is 4.39 Å². The van der Waals surface area contributed by atoms with Crippen molar-refractivity contribution in [1.82, 2.24) is 0 Å². The Balaban J connectivity index is 1.98. The highest BCUT2D eigenvalue weighted by molar-refractivity contribution is 7.12. The Kier molecular flexibility index (Phi) is 4.56. The number of Topliss-reactive ketones (excluding diaryl/α,β-unsaturated/α-hetero) is 1. The van der Waals surface area contributed by atoms with Crippen LogP contribution < -0.4 is 10.6 Å². The molecule has 6 heteroatoms. The Morgan fingerprint density at radius 2 is 1.96 bits per heavy atom. The number of hydrogen-bond donors (Lipinski definition) is 1. The highest BCUT2D eigenvalue weighted by Gasteiger charge is 2.41. The lowest BCUT2D eigenvalue weighted by molar-refractivity contribution is -0.116. The first-order chi connectivity index (χ1) is 13.4. The molecule has 1 aliphatic carbocycles. The van der Waals surface area contributed by atoms with Gasteiger partial charge >= 0.3 is 0 Å². The maximum atomic E-state index is 13.4. The first-order valence-electron chi connectivity index (χ1n) is 9.21. The van der Waals surface area contributed by atoms with Crippen molar-refractivity contribution in [2.45, 2.75) is 39.0 Å². The van der Waals surface area contributed by atoms with Crippen LogP contribution >= 0.6 is 11.3 Å². The number of rotatable bonds is 2. The van der Waals surface area contributed by atoms with Crippen LogP contribution in [0.4, 0.5) is 10.1 Å². The number of ketones is 1. The normalized spacial score (nSPS) is 19.7. The Hall–Kier alpha value is -2.91. The van der Waals surface area contributed by atoms with E-state index in [4.69, 9.17) is 5.73 Å². The van der Waals surface area contributed by atoms with Crippen molar-refractivity contribution in [2.24, 2.45) is 5.73 Å². The fourth-order valence-corrected chi connectivity index (χ4v) is 5.18. The van der Waals surface area contributed by atoms with Crippen molar-refractivity contribution in [3.8, 4) is 6.07 Å². The maximum absolute atomic E-state index is 13.4. The average Bonchev–Trinajstić information content (AvgIpc) is 3.00. The third-order valence-electron chi connectivity index (χ3n) is 5.39. The molecule has 142 valence electrons. The number of nitriles is 1. The Labute approximate surface area is 167 Å². The van der Waals surface area contributed by atoms with Gasteiger partial charge < -0.3 is 5.73 Å². The predicted molar refractivity (Wildman–Crippen MR) is 108 cm³/mol. The molecule has 4 nitrogen and oxygen atoms in total. The fourth-order valence-electron chi connectivity index (χ4n) is 4.22. The van der Waals surface area contributed by atoms with Gasteiger partial charge in [-0.05, 0) is 62.6 Å². The number of halogens is 1. The molecule has 0 amide bonds. The van der Waals surface area contributed by atoms with Crippen LogP contribution in [-0.2, 0) is 4.79 Å². The molecule has 2 aromatic rings. The van der Waals surface area contributed by atoms with Gasteiger partial charge in [-0.1, -0.05) is 0 Å². The van der Waals surface area contributed by atoms with Crippen LogP contribution in [0.5, 0.6) is 0 Å². The zero-order chi connectivity index (χ0) is 20.0. The third-order valence-corrected chi connectivity index (χ3v) is 6.37. The summed E-state index contributed by atoms with van der Waals surface area (Å²) in [6.45, 7) is 4.03. The van der Waals surface area contributed by atoms with E-state index in [9.17, 15) is 14.4 Å². The van der Waals surface area contributed by atoms with Gasteiger partial charge in [0.05, 0.1) is 17.6 Å². The minimum Gasteiger partial charge on any atom is -0.384 e. The molecule has 2 N–H and O–H groups in total. The zero-order valence-corrected chi connectivity index (χ0v) is 16.6. The molecule has 4 rings (SSSR count). The monoisotopic (exact) mass is 393 g/mol. The van der Waals surface area contributed by atoms with E-state index in [1.165, 1.54) is 12.1 Å². The molecule has 0 saturated heterocycles. The number of anilines is 1. The number of nitrogens with zero attached hydrogens (tertiary/aromatic N) is 2. The van der Waals surface area contributed by atoms with Gasteiger partial charge in [-0.15, -0.1) is 11.3 Å². The molecule has 2 heterocycles. The van der Waals surface area contributed by atoms with E-state index in [-0.39, 0.29) is 11.6 Å². The molecule has 0 spiro atoms. The van der Waals surface area contributed by atoms with E-state index in [2.05, 4.69) is 12.1 Å². The quantitative estimate of drug-likeness (QED) is 0.795. The average molecular weight is 393 g/mol. The van der Waals surface area contributed by atoms with E-state index in [1.807, 2.05) is 13.8 Å². The van der Waals surface area contributed by atoms with Crippen molar-refractivity contribution in [3.05, 3.63) is 74.1 Å². The second-order valence-electron chi connectivity index (χ2n) is 7.16. The van der Waals surface area contributed by atoms with E-state index in [0.29, 0.717) is 35.5 Å². The predicted octanol–water partition coefficient (Wildman–Crippen LogP) is 4.81. The Bertz CT molecular complexity index is 1070. The number of nitrogens with two attached hydrogens (primary N) is 1. The fraction of sp³-hybridized carbons (Fsp3) is 0.273. The minimum atomic E-state index is -0.436. The molecule has 0 fully saturated rings. The summed E-state index contributed by atoms with van der Waals surface area (Å²) in [5, 5.41) is 9.97. The van der Waals surface area contributed by atoms with E-state index >= 15 is 0 Å². The van der Waals surface area contributed by atoms with Gasteiger partial charge in [0.15, 0.2) is 5.78 Å². The van der Waals surface area contributed by atoms with Crippen molar-refractivity contribution >= 4 is 22.8 Å². The molecule has 1 atom stereocenters. The van der Waals surface area contributed by atoms with Crippen LogP contribution in [0.25, 0.3) is 0 Å². The highest BCUT2D eigenvalue weighted by atomic mass is 32.1. The molecular weight excluding hydrogens is 373 g/mol. The summed E-state index contributed by atoms with van der Waals surface area (Å²) in [5.41, 5.74) is 9.98. The van der Waals surface area contributed by atoms with Crippen LogP contribution in [0.3, 0.4) is 0 Å². The number of thiophene rings is 1. The summed E-state index contributed by atoms with van der Waals surface area (Å²) in [7, 11) is 0. The van der Waals surface area contributed by atoms with Crippen LogP contribution in [-0.4, -0.2) is 5.78 Å². The molecule has 0 radical (unpaired) electrons. The molecule has 28 heavy (non-hydrogen) atoms. The van der Waals surface area contributed by atoms with Gasteiger partial charge in [-0.2, -0.15) is 5.26 Å². The number of carbonyl (C=O) groups is 1. The smallest absolute Gasteiger partial charge is 0.161 e. The number of hydrogen-bond acceptors (Lipinski definition) is 5. The summed E-state index contributed by atoms with van der Waals surface area (Å²) >= 11 is 1.65. The third kappa shape index (κ3) is 2.83. The summed E-state index contributed by atoms with van der Waals surface area (Å²) < 4.78 is 13.4. The first-order valence-corrected chi connectivity index (χ1v) is 10.0. The van der Waals surface area contributed by atoms with Gasteiger partial charge in [-0.3, -0.25) is 9.69 Å². The number of carbonyl (C=O) groups excluding carboxylic acids is 1.